The molecule has 24 heavy (non-hydrogen) atoms. The first-order chi connectivity index (χ1) is 11.5. The third-order valence-electron chi connectivity index (χ3n) is 3.65. The van der Waals surface area contributed by atoms with Crippen molar-refractivity contribution in [2.45, 2.75) is 32.3 Å². The number of aromatic nitrogens is 4. The number of hydrogen-bond donors (Lipinski definition) is 2. The number of hydrogen-bond acceptors (Lipinski definition) is 6. The molecule has 1 aliphatic rings. The van der Waals surface area contributed by atoms with Crippen LogP contribution >= 0.6 is 12.2 Å². The number of pyridine rings is 1. The van der Waals surface area contributed by atoms with E-state index in [9.17, 15) is 4.79 Å². The molecule has 1 amide bonds. The zero-order valence-corrected chi connectivity index (χ0v) is 14.0. The molecule has 0 spiro atoms. The van der Waals surface area contributed by atoms with Crippen LogP contribution in [0.25, 0.3) is 5.82 Å². The van der Waals surface area contributed by atoms with Crippen LogP contribution < -0.4 is 11.1 Å². The minimum Gasteiger partial charge on any atom is -0.438 e. The molecule has 2 aromatic rings. The molecule has 1 aliphatic carbocycles. The Labute approximate surface area is 144 Å². The molecule has 2 aromatic heterocycles. The van der Waals surface area contributed by atoms with Gasteiger partial charge in [-0.05, 0) is 37.8 Å². The molecule has 0 aromatic carbocycles. The van der Waals surface area contributed by atoms with Crippen molar-refractivity contribution in [1.82, 2.24) is 19.7 Å². The lowest BCUT2D eigenvalue weighted by Gasteiger charge is -2.12. The van der Waals surface area contributed by atoms with Gasteiger partial charge in [0.05, 0.1) is 16.9 Å². The van der Waals surface area contributed by atoms with E-state index in [1.807, 2.05) is 6.07 Å². The quantitative estimate of drug-likeness (QED) is 0.773. The highest BCUT2D eigenvalue weighted by molar-refractivity contribution is 7.80. The van der Waals surface area contributed by atoms with Gasteiger partial charge in [0.25, 0.3) is 0 Å². The van der Waals surface area contributed by atoms with E-state index in [4.69, 9.17) is 22.7 Å². The summed E-state index contributed by atoms with van der Waals surface area (Å²) >= 11 is 5.33. The lowest BCUT2D eigenvalue weighted by molar-refractivity contribution is 0.110. The molecular formula is C15H18N6O2S. The maximum Gasteiger partial charge on any atom is 0.405 e. The van der Waals surface area contributed by atoms with Gasteiger partial charge in [0.1, 0.15) is 6.33 Å². The molecule has 126 valence electrons. The molecule has 0 saturated heterocycles. The fourth-order valence-corrected chi connectivity index (χ4v) is 2.67. The van der Waals surface area contributed by atoms with Gasteiger partial charge < -0.3 is 15.8 Å². The van der Waals surface area contributed by atoms with Crippen LogP contribution in [0.15, 0.2) is 24.7 Å². The monoisotopic (exact) mass is 346 g/mol. The van der Waals surface area contributed by atoms with Gasteiger partial charge in [-0.3, -0.25) is 0 Å². The normalized spacial score (nSPS) is 14.9. The molecular weight excluding hydrogens is 328 g/mol. The van der Waals surface area contributed by atoms with Crippen molar-refractivity contribution in [3.8, 4) is 5.82 Å². The summed E-state index contributed by atoms with van der Waals surface area (Å²) in [4.78, 5) is 20.2. The van der Waals surface area contributed by atoms with Gasteiger partial charge >= 0.3 is 6.09 Å². The van der Waals surface area contributed by atoms with Gasteiger partial charge in [0.2, 0.25) is 0 Å². The topological polar surface area (TPSA) is 108 Å². The van der Waals surface area contributed by atoms with E-state index >= 15 is 0 Å². The molecule has 1 unspecified atom stereocenters. The van der Waals surface area contributed by atoms with Crippen LogP contribution in [0.5, 0.6) is 0 Å². The van der Waals surface area contributed by atoms with Crippen molar-refractivity contribution in [1.29, 1.82) is 0 Å². The first kappa shape index (κ1) is 16.3. The number of carbonyl (C=O) groups is 1. The van der Waals surface area contributed by atoms with Crippen LogP contribution in [0.3, 0.4) is 0 Å². The standard InChI is InChI=1S/C15H18N6O2S/c1-9(23-15(16)22)14-18-8-19-21(14)12-5-4-11(7-17-12)20-13(24)6-10-2-3-10/h4-5,7-10H,2-3,6H2,1H3,(H2,16,22)(H,20,24). The SMILES string of the molecule is CC(OC(N)=O)c1ncnn1-c1ccc(NC(=S)CC2CC2)cn1. The minimum atomic E-state index is -0.867. The number of nitrogens with two attached hydrogens (primary N) is 1. The maximum absolute atomic E-state index is 10.9. The lowest BCUT2D eigenvalue weighted by atomic mass is 10.3. The summed E-state index contributed by atoms with van der Waals surface area (Å²) in [6, 6.07) is 3.66. The van der Waals surface area contributed by atoms with Crippen LogP contribution in [0.1, 0.15) is 38.1 Å². The predicted molar refractivity (Wildman–Crippen MR) is 91.8 cm³/mol. The molecule has 9 heteroatoms. The highest BCUT2D eigenvalue weighted by atomic mass is 32.1. The summed E-state index contributed by atoms with van der Waals surface area (Å²) in [5.74, 6) is 1.73. The molecule has 8 nitrogen and oxygen atoms in total. The molecule has 3 rings (SSSR count). The Bertz CT molecular complexity index is 741. The Morgan fingerprint density at radius 3 is 2.92 bits per heavy atom. The Morgan fingerprint density at radius 2 is 2.29 bits per heavy atom. The fraction of sp³-hybridized carbons (Fsp3) is 0.400. The van der Waals surface area contributed by atoms with E-state index in [2.05, 4.69) is 20.4 Å². The van der Waals surface area contributed by atoms with Crippen molar-refractivity contribution in [2.75, 3.05) is 5.32 Å². The fourth-order valence-electron chi connectivity index (χ4n) is 2.31. The van der Waals surface area contributed by atoms with Crippen molar-refractivity contribution in [3.63, 3.8) is 0 Å². The molecule has 3 N–H and O–H groups in total. The van der Waals surface area contributed by atoms with E-state index < -0.39 is 12.2 Å². The van der Waals surface area contributed by atoms with Gasteiger partial charge in [-0.1, -0.05) is 12.2 Å². The lowest BCUT2D eigenvalue weighted by Crippen LogP contribution is -2.18. The van der Waals surface area contributed by atoms with E-state index in [0.29, 0.717) is 11.6 Å². The number of nitrogens with one attached hydrogen (secondary N) is 1. The Morgan fingerprint density at radius 1 is 1.50 bits per heavy atom. The molecule has 0 radical (unpaired) electrons. The summed E-state index contributed by atoms with van der Waals surface area (Å²) in [6.45, 7) is 1.66. The Balaban J connectivity index is 1.70. The van der Waals surface area contributed by atoms with E-state index in [1.54, 1.807) is 19.2 Å². The number of amides is 1. The van der Waals surface area contributed by atoms with Crippen LogP contribution in [0.2, 0.25) is 0 Å². The molecule has 0 bridgehead atoms. The van der Waals surface area contributed by atoms with Crippen LogP contribution in [-0.4, -0.2) is 30.8 Å². The first-order valence-corrected chi connectivity index (χ1v) is 8.06. The van der Waals surface area contributed by atoms with Crippen molar-refractivity contribution >= 4 is 29.0 Å². The number of thiocarbonyl (C=S) groups is 1. The third-order valence-corrected chi connectivity index (χ3v) is 3.92. The highest BCUT2D eigenvalue weighted by Crippen LogP contribution is 2.32. The summed E-state index contributed by atoms with van der Waals surface area (Å²) in [6.07, 6.45) is 5.00. The smallest absolute Gasteiger partial charge is 0.405 e. The van der Waals surface area contributed by atoms with Gasteiger partial charge in [-0.15, -0.1) is 0 Å². The summed E-state index contributed by atoms with van der Waals surface area (Å²) < 4.78 is 6.43. The number of carbonyl (C=O) groups excluding carboxylic acids is 1. The second kappa shape index (κ2) is 6.91. The summed E-state index contributed by atoms with van der Waals surface area (Å²) in [7, 11) is 0. The van der Waals surface area contributed by atoms with Crippen LogP contribution in [-0.2, 0) is 4.74 Å². The summed E-state index contributed by atoms with van der Waals surface area (Å²) in [5, 5.41) is 7.30. The van der Waals surface area contributed by atoms with Crippen molar-refractivity contribution in [3.05, 3.63) is 30.5 Å². The minimum absolute atomic E-state index is 0.436. The first-order valence-electron chi connectivity index (χ1n) is 7.65. The van der Waals surface area contributed by atoms with Gasteiger partial charge in [-0.25, -0.2) is 14.8 Å². The Kier molecular flexibility index (Phi) is 4.70. The van der Waals surface area contributed by atoms with Gasteiger partial charge in [-0.2, -0.15) is 9.78 Å². The van der Waals surface area contributed by atoms with Crippen molar-refractivity contribution in [2.24, 2.45) is 11.7 Å². The molecule has 1 saturated carbocycles. The number of anilines is 1. The van der Waals surface area contributed by atoms with Crippen LogP contribution in [0, 0.1) is 5.92 Å². The third kappa shape index (κ3) is 4.05. The molecule has 1 atom stereocenters. The predicted octanol–water partition coefficient (Wildman–Crippen LogP) is 2.36. The second-order valence-electron chi connectivity index (χ2n) is 5.71. The average Bonchev–Trinajstić information content (AvgIpc) is 3.19. The van der Waals surface area contributed by atoms with Crippen molar-refractivity contribution < 1.29 is 9.53 Å². The Hall–Kier alpha value is -2.55. The zero-order chi connectivity index (χ0) is 17.1. The van der Waals surface area contributed by atoms with Crippen LogP contribution in [0.4, 0.5) is 10.5 Å². The van der Waals surface area contributed by atoms with Gasteiger partial charge in [0, 0.05) is 6.42 Å². The van der Waals surface area contributed by atoms with E-state index in [1.165, 1.54) is 23.9 Å². The molecule has 2 heterocycles. The number of ether oxygens (including phenoxy) is 1. The average molecular weight is 346 g/mol. The van der Waals surface area contributed by atoms with E-state index in [0.717, 1.165) is 23.0 Å². The summed E-state index contributed by atoms with van der Waals surface area (Å²) in [5.41, 5.74) is 5.86. The zero-order valence-electron chi connectivity index (χ0n) is 13.2. The molecule has 0 aliphatic heterocycles. The van der Waals surface area contributed by atoms with E-state index in [-0.39, 0.29) is 0 Å². The highest BCUT2D eigenvalue weighted by Gasteiger charge is 2.22. The number of nitrogens with zero attached hydrogens (tertiary/aromatic N) is 4. The number of rotatable bonds is 6. The maximum atomic E-state index is 10.9. The van der Waals surface area contributed by atoms with Gasteiger partial charge in [0.15, 0.2) is 17.7 Å². The largest absolute Gasteiger partial charge is 0.438 e. The number of primary amides is 1. The molecule has 1 fully saturated rings. The second-order valence-corrected chi connectivity index (χ2v) is 6.20.